The second-order valence-corrected chi connectivity index (χ2v) is 6.36. The first kappa shape index (κ1) is 13.9. The summed E-state index contributed by atoms with van der Waals surface area (Å²) in [5.41, 5.74) is 1.82. The molecule has 0 aromatic carbocycles. The molecule has 0 N–H and O–H groups in total. The molecule has 110 valence electrons. The highest BCUT2D eigenvalue weighted by Crippen LogP contribution is 2.25. The summed E-state index contributed by atoms with van der Waals surface area (Å²) in [6, 6.07) is -0.177. The van der Waals surface area contributed by atoms with Crippen LogP contribution >= 0.6 is 11.3 Å². The molecule has 0 aliphatic rings. The normalized spacial score (nSPS) is 13.2. The average molecular weight is 303 g/mol. The average Bonchev–Trinajstić information content (AvgIpc) is 3.00. The number of hydrogen-bond donors (Lipinski definition) is 0. The molecule has 6 nitrogen and oxygen atoms in total. The van der Waals surface area contributed by atoms with Crippen LogP contribution in [0.1, 0.15) is 31.3 Å². The second-order valence-electron chi connectivity index (χ2n) is 5.48. The molecule has 0 spiro atoms. The molecule has 0 bridgehead atoms. The number of aryl methyl sites for hydroxylation is 2. The van der Waals surface area contributed by atoms with Crippen molar-refractivity contribution in [2.45, 2.75) is 26.8 Å². The summed E-state index contributed by atoms with van der Waals surface area (Å²) in [5, 5.41) is 6.08. The first-order valence-electron chi connectivity index (χ1n) is 6.79. The highest BCUT2D eigenvalue weighted by atomic mass is 32.1. The van der Waals surface area contributed by atoms with Crippen LogP contribution in [0.4, 0.5) is 0 Å². The van der Waals surface area contributed by atoms with Gasteiger partial charge in [0.2, 0.25) is 0 Å². The van der Waals surface area contributed by atoms with E-state index in [0.29, 0.717) is 4.70 Å². The third kappa shape index (κ3) is 2.17. The molecule has 3 aromatic heterocycles. The van der Waals surface area contributed by atoms with E-state index in [9.17, 15) is 4.79 Å². The molecule has 0 radical (unpaired) electrons. The Morgan fingerprint density at radius 1 is 1.29 bits per heavy atom. The van der Waals surface area contributed by atoms with E-state index in [1.165, 1.54) is 17.7 Å². The van der Waals surface area contributed by atoms with E-state index in [1.54, 1.807) is 15.6 Å². The lowest BCUT2D eigenvalue weighted by Crippen LogP contribution is -2.30. The van der Waals surface area contributed by atoms with Crippen LogP contribution in [-0.4, -0.2) is 24.3 Å². The monoisotopic (exact) mass is 303 g/mol. The van der Waals surface area contributed by atoms with Gasteiger partial charge >= 0.3 is 0 Å². The number of rotatable bonds is 3. The highest BCUT2D eigenvalue weighted by molar-refractivity contribution is 7.17. The zero-order valence-electron chi connectivity index (χ0n) is 12.4. The topological polar surface area (TPSA) is 65.6 Å². The summed E-state index contributed by atoms with van der Waals surface area (Å²) < 4.78 is 4.08. The van der Waals surface area contributed by atoms with E-state index in [-0.39, 0.29) is 17.5 Å². The molecule has 3 rings (SSSR count). The summed E-state index contributed by atoms with van der Waals surface area (Å²) in [6.45, 7) is 6.10. The Kier molecular flexibility index (Phi) is 3.36. The van der Waals surface area contributed by atoms with Crippen molar-refractivity contribution < 1.29 is 0 Å². The van der Waals surface area contributed by atoms with Crippen molar-refractivity contribution in [1.29, 1.82) is 0 Å². The minimum Gasteiger partial charge on any atom is -0.287 e. The van der Waals surface area contributed by atoms with Crippen LogP contribution < -0.4 is 5.56 Å². The molecule has 0 aliphatic carbocycles. The van der Waals surface area contributed by atoms with E-state index < -0.39 is 0 Å². The van der Waals surface area contributed by atoms with Crippen LogP contribution in [0, 0.1) is 12.8 Å². The molecule has 0 saturated carbocycles. The number of nitrogens with zero attached hydrogens (tertiary/aromatic N) is 5. The molecule has 0 aliphatic heterocycles. The molecule has 0 saturated heterocycles. The van der Waals surface area contributed by atoms with Crippen molar-refractivity contribution in [2.24, 2.45) is 13.0 Å². The molecule has 21 heavy (non-hydrogen) atoms. The van der Waals surface area contributed by atoms with E-state index in [4.69, 9.17) is 0 Å². The maximum Gasteiger partial charge on any atom is 0.271 e. The van der Waals surface area contributed by atoms with Crippen molar-refractivity contribution >= 4 is 21.6 Å². The van der Waals surface area contributed by atoms with Crippen molar-refractivity contribution in [2.75, 3.05) is 0 Å². The van der Waals surface area contributed by atoms with Crippen LogP contribution in [0.3, 0.4) is 0 Å². The minimum atomic E-state index is -0.177. The Labute approximate surface area is 126 Å². The molecule has 1 unspecified atom stereocenters. The van der Waals surface area contributed by atoms with Gasteiger partial charge in [-0.1, -0.05) is 13.8 Å². The van der Waals surface area contributed by atoms with Gasteiger partial charge in [-0.05, 0) is 23.8 Å². The fraction of sp³-hybridized carbons (Fsp3) is 0.429. The fourth-order valence-electron chi connectivity index (χ4n) is 2.55. The van der Waals surface area contributed by atoms with Gasteiger partial charge in [0.1, 0.15) is 16.9 Å². The summed E-state index contributed by atoms with van der Waals surface area (Å²) in [6.07, 6.45) is 3.14. The van der Waals surface area contributed by atoms with Crippen molar-refractivity contribution in [3.05, 3.63) is 39.8 Å². The molecule has 0 amide bonds. The first-order chi connectivity index (χ1) is 10.0. The Hall–Kier alpha value is -2.02. The Bertz CT molecular complexity index is 845. The maximum absolute atomic E-state index is 12.8. The zero-order valence-corrected chi connectivity index (χ0v) is 13.3. The van der Waals surface area contributed by atoms with Gasteiger partial charge in [-0.15, -0.1) is 11.3 Å². The SMILES string of the molecule is Cc1csc2c(=O)n(C(c3ncnn3C)C(C)C)cnc12. The maximum atomic E-state index is 12.8. The van der Waals surface area contributed by atoms with Gasteiger partial charge in [0.15, 0.2) is 0 Å². The molecule has 3 aromatic rings. The molecular formula is C14H17N5OS. The number of thiophene rings is 1. The van der Waals surface area contributed by atoms with E-state index >= 15 is 0 Å². The lowest BCUT2D eigenvalue weighted by molar-refractivity contribution is 0.392. The summed E-state index contributed by atoms with van der Waals surface area (Å²) in [5.74, 6) is 0.965. The van der Waals surface area contributed by atoms with Gasteiger partial charge < -0.3 is 0 Å². The number of fused-ring (bicyclic) bond motifs is 1. The van der Waals surface area contributed by atoms with Crippen LogP contribution in [-0.2, 0) is 7.05 Å². The molecule has 1 atom stereocenters. The predicted molar refractivity (Wildman–Crippen MR) is 82.6 cm³/mol. The lowest BCUT2D eigenvalue weighted by Gasteiger charge is -2.22. The largest absolute Gasteiger partial charge is 0.287 e. The van der Waals surface area contributed by atoms with Crippen LogP contribution in [0.25, 0.3) is 10.2 Å². The molecule has 0 fully saturated rings. The summed E-state index contributed by atoms with van der Waals surface area (Å²) in [7, 11) is 1.84. The van der Waals surface area contributed by atoms with Gasteiger partial charge in [0.25, 0.3) is 5.56 Å². The highest BCUT2D eigenvalue weighted by Gasteiger charge is 2.24. The van der Waals surface area contributed by atoms with E-state index in [1.807, 2.05) is 19.4 Å². The number of aromatic nitrogens is 5. The smallest absolute Gasteiger partial charge is 0.271 e. The summed E-state index contributed by atoms with van der Waals surface area (Å²) >= 11 is 1.45. The lowest BCUT2D eigenvalue weighted by atomic mass is 10.0. The Morgan fingerprint density at radius 2 is 2.05 bits per heavy atom. The zero-order chi connectivity index (χ0) is 15.1. The van der Waals surface area contributed by atoms with Gasteiger partial charge in [0.05, 0.1) is 17.9 Å². The number of hydrogen-bond acceptors (Lipinski definition) is 5. The van der Waals surface area contributed by atoms with E-state index in [2.05, 4.69) is 28.9 Å². The van der Waals surface area contributed by atoms with Crippen molar-refractivity contribution in [3.8, 4) is 0 Å². The third-order valence-corrected chi connectivity index (χ3v) is 4.70. The van der Waals surface area contributed by atoms with Gasteiger partial charge in [-0.25, -0.2) is 9.97 Å². The minimum absolute atomic E-state index is 0.0141. The van der Waals surface area contributed by atoms with Crippen molar-refractivity contribution in [3.63, 3.8) is 0 Å². The molecular weight excluding hydrogens is 286 g/mol. The third-order valence-electron chi connectivity index (χ3n) is 3.62. The van der Waals surface area contributed by atoms with Gasteiger partial charge in [0, 0.05) is 7.05 Å². The molecule has 7 heteroatoms. The Morgan fingerprint density at radius 3 is 2.67 bits per heavy atom. The summed E-state index contributed by atoms with van der Waals surface area (Å²) in [4.78, 5) is 21.5. The van der Waals surface area contributed by atoms with Crippen LogP contribution in [0.15, 0.2) is 22.8 Å². The standard InChI is InChI=1S/C14H17N5OS/c1-8(2)11(13-15-6-17-18(13)4)19-7-16-10-9(3)5-21-12(10)14(19)20/h5-8,11H,1-4H3. The van der Waals surface area contributed by atoms with Crippen LogP contribution in [0.2, 0.25) is 0 Å². The van der Waals surface area contributed by atoms with E-state index in [0.717, 1.165) is 16.9 Å². The van der Waals surface area contributed by atoms with Crippen LogP contribution in [0.5, 0.6) is 0 Å². The first-order valence-corrected chi connectivity index (χ1v) is 7.67. The fourth-order valence-corrected chi connectivity index (χ4v) is 3.49. The van der Waals surface area contributed by atoms with Gasteiger partial charge in [-0.2, -0.15) is 5.10 Å². The second kappa shape index (κ2) is 5.07. The predicted octanol–water partition coefficient (Wildman–Crippen LogP) is 2.14. The quantitative estimate of drug-likeness (QED) is 0.743. The van der Waals surface area contributed by atoms with Crippen molar-refractivity contribution in [1.82, 2.24) is 24.3 Å². The Balaban J connectivity index is 2.24. The molecule has 3 heterocycles. The van der Waals surface area contributed by atoms with Gasteiger partial charge in [-0.3, -0.25) is 14.0 Å².